The van der Waals surface area contributed by atoms with Crippen molar-refractivity contribution in [2.24, 2.45) is 17.8 Å². The number of amides is 1. The second kappa shape index (κ2) is 6.92. The van der Waals surface area contributed by atoms with Crippen molar-refractivity contribution in [2.75, 3.05) is 18.5 Å². The number of hydrogen-bond donors (Lipinski definition) is 3. The smallest absolute Gasteiger partial charge is 0.257 e. The molecule has 0 atom stereocenters. The van der Waals surface area contributed by atoms with E-state index in [1.165, 1.54) is 19.3 Å². The number of carbonyl (C=O) groups is 1. The monoisotopic (exact) mass is 380 g/mol. The predicted molar refractivity (Wildman–Crippen MR) is 108 cm³/mol. The Kier molecular flexibility index (Phi) is 4.38. The number of hydrogen-bond acceptors (Lipinski definition) is 4. The maximum Gasteiger partial charge on any atom is 0.257 e. The molecule has 0 radical (unpaired) electrons. The zero-order valence-corrected chi connectivity index (χ0v) is 16.1. The normalized spacial score (nSPS) is 30.4. The standard InChI is InChI=1S/C22H28N4O2/c27-7-6-23-20-19(14-24-26(20)18-4-2-1-3-5-18)21(28)25-22-11-15-8-16(12-22)10-17(9-15)13-22/h1-5,14-17,23,27H,6-13H2,(H,25,28). The van der Waals surface area contributed by atoms with E-state index < -0.39 is 0 Å². The molecule has 0 aliphatic heterocycles. The molecule has 0 spiro atoms. The third-order valence-electron chi connectivity index (χ3n) is 6.84. The summed E-state index contributed by atoms with van der Waals surface area (Å²) in [7, 11) is 0. The van der Waals surface area contributed by atoms with Crippen LogP contribution in [-0.2, 0) is 0 Å². The van der Waals surface area contributed by atoms with Gasteiger partial charge in [0, 0.05) is 12.1 Å². The topological polar surface area (TPSA) is 79.2 Å². The molecule has 1 aromatic heterocycles. The first-order chi connectivity index (χ1) is 13.7. The minimum absolute atomic E-state index is 0.00396. The molecular formula is C22H28N4O2. The van der Waals surface area contributed by atoms with Crippen molar-refractivity contribution in [2.45, 2.75) is 44.1 Å². The van der Waals surface area contributed by atoms with Crippen LogP contribution >= 0.6 is 0 Å². The van der Waals surface area contributed by atoms with Crippen LogP contribution in [0.3, 0.4) is 0 Å². The molecule has 6 rings (SSSR count). The minimum Gasteiger partial charge on any atom is -0.395 e. The molecule has 4 bridgehead atoms. The van der Waals surface area contributed by atoms with Gasteiger partial charge in [-0.2, -0.15) is 5.10 Å². The maximum atomic E-state index is 13.3. The Morgan fingerprint density at radius 3 is 2.36 bits per heavy atom. The number of rotatable bonds is 6. The molecule has 148 valence electrons. The molecule has 4 fully saturated rings. The number of nitrogens with zero attached hydrogens (tertiary/aromatic N) is 2. The van der Waals surface area contributed by atoms with Crippen molar-refractivity contribution in [1.29, 1.82) is 0 Å². The molecule has 28 heavy (non-hydrogen) atoms. The van der Waals surface area contributed by atoms with Crippen LogP contribution in [0, 0.1) is 17.8 Å². The van der Waals surface area contributed by atoms with Gasteiger partial charge in [0.25, 0.3) is 5.91 Å². The zero-order chi connectivity index (χ0) is 19.1. The molecule has 1 heterocycles. The molecule has 4 aliphatic carbocycles. The first-order valence-electron chi connectivity index (χ1n) is 10.5. The van der Waals surface area contributed by atoms with Crippen LogP contribution in [0.4, 0.5) is 5.82 Å². The SMILES string of the molecule is O=C(NC12CC3CC(CC(C3)C1)C2)c1cnn(-c2ccccc2)c1NCCO. The summed E-state index contributed by atoms with van der Waals surface area (Å²) in [5.41, 5.74) is 1.40. The van der Waals surface area contributed by atoms with Crippen LogP contribution in [0.25, 0.3) is 5.69 Å². The molecular weight excluding hydrogens is 352 g/mol. The Morgan fingerprint density at radius 2 is 1.75 bits per heavy atom. The summed E-state index contributed by atoms with van der Waals surface area (Å²) in [6.45, 7) is 0.367. The fraction of sp³-hybridized carbons (Fsp3) is 0.545. The lowest BCUT2D eigenvalue weighted by molar-refractivity contribution is -0.0166. The van der Waals surface area contributed by atoms with Gasteiger partial charge in [-0.25, -0.2) is 4.68 Å². The van der Waals surface area contributed by atoms with E-state index >= 15 is 0 Å². The number of nitrogens with one attached hydrogen (secondary N) is 2. The highest BCUT2D eigenvalue weighted by atomic mass is 16.3. The van der Waals surface area contributed by atoms with Crippen LogP contribution < -0.4 is 10.6 Å². The van der Waals surface area contributed by atoms with Crippen LogP contribution in [0.5, 0.6) is 0 Å². The van der Waals surface area contributed by atoms with Gasteiger partial charge in [-0.1, -0.05) is 18.2 Å². The van der Waals surface area contributed by atoms with Crippen molar-refractivity contribution in [3.63, 3.8) is 0 Å². The Bertz CT molecular complexity index is 825. The number of carbonyl (C=O) groups excluding carboxylic acids is 1. The summed E-state index contributed by atoms with van der Waals surface area (Å²) in [6, 6.07) is 9.76. The lowest BCUT2D eigenvalue weighted by Crippen LogP contribution is -2.59. The Hall–Kier alpha value is -2.34. The average Bonchev–Trinajstić information content (AvgIpc) is 3.09. The third kappa shape index (κ3) is 3.09. The van der Waals surface area contributed by atoms with Crippen molar-refractivity contribution >= 4 is 11.7 Å². The summed E-state index contributed by atoms with van der Waals surface area (Å²) >= 11 is 0. The quantitative estimate of drug-likeness (QED) is 0.720. The van der Waals surface area contributed by atoms with E-state index in [0.717, 1.165) is 42.7 Å². The minimum atomic E-state index is -0.0513. The van der Waals surface area contributed by atoms with Gasteiger partial charge in [-0.15, -0.1) is 0 Å². The van der Waals surface area contributed by atoms with Crippen molar-refractivity contribution in [3.8, 4) is 5.69 Å². The van der Waals surface area contributed by atoms with E-state index in [9.17, 15) is 9.90 Å². The second-order valence-corrected chi connectivity index (χ2v) is 8.96. The predicted octanol–water partition coefficient (Wildman–Crippen LogP) is 2.98. The van der Waals surface area contributed by atoms with Gasteiger partial charge in [0.15, 0.2) is 0 Å². The first-order valence-corrected chi connectivity index (χ1v) is 10.5. The highest BCUT2D eigenvalue weighted by Gasteiger charge is 2.51. The summed E-state index contributed by atoms with van der Waals surface area (Å²) in [6.07, 6.45) is 9.06. The first kappa shape index (κ1) is 17.7. The van der Waals surface area contributed by atoms with Crippen molar-refractivity contribution < 1.29 is 9.90 Å². The maximum absolute atomic E-state index is 13.3. The molecule has 1 amide bonds. The van der Waals surface area contributed by atoms with E-state index in [2.05, 4.69) is 15.7 Å². The van der Waals surface area contributed by atoms with Crippen LogP contribution in [0.1, 0.15) is 48.9 Å². The number of aromatic nitrogens is 2. The number of benzene rings is 1. The van der Waals surface area contributed by atoms with E-state index in [1.54, 1.807) is 10.9 Å². The lowest BCUT2D eigenvalue weighted by Gasteiger charge is -2.56. The average molecular weight is 380 g/mol. The van der Waals surface area contributed by atoms with Gasteiger partial charge < -0.3 is 15.7 Å². The van der Waals surface area contributed by atoms with E-state index in [0.29, 0.717) is 17.9 Å². The number of anilines is 1. The number of aliphatic hydroxyl groups is 1. The number of para-hydroxylation sites is 1. The van der Waals surface area contributed by atoms with Gasteiger partial charge in [-0.05, 0) is 68.4 Å². The van der Waals surface area contributed by atoms with Crippen molar-refractivity contribution in [1.82, 2.24) is 15.1 Å². The molecule has 6 nitrogen and oxygen atoms in total. The van der Waals surface area contributed by atoms with Crippen LogP contribution in [0.2, 0.25) is 0 Å². The number of aliphatic hydroxyl groups excluding tert-OH is 1. The fourth-order valence-electron chi connectivity index (χ4n) is 6.20. The summed E-state index contributed by atoms with van der Waals surface area (Å²) in [5, 5.41) is 20.4. The molecule has 4 saturated carbocycles. The van der Waals surface area contributed by atoms with Gasteiger partial charge in [0.2, 0.25) is 0 Å². The van der Waals surface area contributed by atoms with Gasteiger partial charge in [-0.3, -0.25) is 4.79 Å². The molecule has 0 saturated heterocycles. The largest absolute Gasteiger partial charge is 0.395 e. The van der Waals surface area contributed by atoms with Gasteiger partial charge in [0.1, 0.15) is 11.4 Å². The van der Waals surface area contributed by atoms with E-state index in [4.69, 9.17) is 0 Å². The second-order valence-electron chi connectivity index (χ2n) is 8.96. The molecule has 6 heteroatoms. The molecule has 1 aromatic carbocycles. The fourth-order valence-corrected chi connectivity index (χ4v) is 6.20. The van der Waals surface area contributed by atoms with E-state index in [-0.39, 0.29) is 18.1 Å². The third-order valence-corrected chi connectivity index (χ3v) is 6.84. The Morgan fingerprint density at radius 1 is 1.11 bits per heavy atom. The Labute approximate surface area is 165 Å². The zero-order valence-electron chi connectivity index (χ0n) is 16.1. The highest BCUT2D eigenvalue weighted by Crippen LogP contribution is 2.55. The molecule has 3 N–H and O–H groups in total. The lowest BCUT2D eigenvalue weighted by atomic mass is 9.53. The van der Waals surface area contributed by atoms with Crippen LogP contribution in [0.15, 0.2) is 36.5 Å². The molecule has 2 aromatic rings. The summed E-state index contributed by atoms with van der Waals surface area (Å²) in [4.78, 5) is 13.3. The molecule has 0 unspecified atom stereocenters. The van der Waals surface area contributed by atoms with Crippen LogP contribution in [-0.4, -0.2) is 39.5 Å². The summed E-state index contributed by atoms with van der Waals surface area (Å²) in [5.74, 6) is 2.94. The van der Waals surface area contributed by atoms with E-state index in [1.807, 2.05) is 30.3 Å². The van der Waals surface area contributed by atoms with Gasteiger partial charge >= 0.3 is 0 Å². The van der Waals surface area contributed by atoms with Gasteiger partial charge in [0.05, 0.1) is 18.5 Å². The van der Waals surface area contributed by atoms with Crippen molar-refractivity contribution in [3.05, 3.63) is 42.1 Å². The highest BCUT2D eigenvalue weighted by molar-refractivity contribution is 5.99. The Balaban J connectivity index is 1.42. The summed E-state index contributed by atoms with van der Waals surface area (Å²) < 4.78 is 1.74. The molecule has 4 aliphatic rings.